The lowest BCUT2D eigenvalue weighted by atomic mass is 10.2. The third kappa shape index (κ3) is 2.89. The largest absolute Gasteiger partial charge is 0.375 e. The second kappa shape index (κ2) is 5.62. The zero-order chi connectivity index (χ0) is 10.6. The van der Waals surface area contributed by atoms with E-state index in [0.29, 0.717) is 0 Å². The molecular formula is C11H15BrClN. The Hall–Kier alpha value is -0.210. The summed E-state index contributed by atoms with van der Waals surface area (Å²) in [6, 6.07) is 6.20. The standard InChI is InChI=1S/C11H15BrClN/c1-3-6-14(2)10-5-4-9(8-12)11(13)7-10/h4-5,7H,3,6,8H2,1-2H3. The van der Waals surface area contributed by atoms with Gasteiger partial charge in [0.15, 0.2) is 0 Å². The van der Waals surface area contributed by atoms with Gasteiger partial charge in [-0.1, -0.05) is 40.5 Å². The molecule has 0 aliphatic rings. The van der Waals surface area contributed by atoms with Crippen molar-refractivity contribution in [3.63, 3.8) is 0 Å². The molecule has 0 spiro atoms. The maximum absolute atomic E-state index is 6.12. The minimum absolute atomic E-state index is 0.809. The minimum atomic E-state index is 0.809. The SMILES string of the molecule is CCCN(C)c1ccc(CBr)c(Cl)c1. The van der Waals surface area contributed by atoms with Crippen molar-refractivity contribution in [1.29, 1.82) is 0 Å². The number of nitrogens with zero attached hydrogens (tertiary/aromatic N) is 1. The van der Waals surface area contributed by atoms with Gasteiger partial charge in [0, 0.05) is 29.6 Å². The molecule has 0 fully saturated rings. The maximum atomic E-state index is 6.12. The van der Waals surface area contributed by atoms with Gasteiger partial charge in [-0.15, -0.1) is 0 Å². The van der Waals surface area contributed by atoms with E-state index in [9.17, 15) is 0 Å². The Morgan fingerprint density at radius 3 is 2.64 bits per heavy atom. The first-order chi connectivity index (χ1) is 6.69. The molecule has 1 rings (SSSR count). The highest BCUT2D eigenvalue weighted by Crippen LogP contribution is 2.24. The number of anilines is 1. The summed E-state index contributed by atoms with van der Waals surface area (Å²) in [6.07, 6.45) is 1.15. The number of halogens is 2. The van der Waals surface area contributed by atoms with Gasteiger partial charge in [0.1, 0.15) is 0 Å². The number of benzene rings is 1. The lowest BCUT2D eigenvalue weighted by Gasteiger charge is -2.19. The van der Waals surface area contributed by atoms with E-state index < -0.39 is 0 Å². The number of alkyl halides is 1. The van der Waals surface area contributed by atoms with Gasteiger partial charge in [0.2, 0.25) is 0 Å². The van der Waals surface area contributed by atoms with E-state index in [4.69, 9.17) is 11.6 Å². The Morgan fingerprint density at radius 1 is 1.43 bits per heavy atom. The highest BCUT2D eigenvalue weighted by atomic mass is 79.9. The molecule has 0 radical (unpaired) electrons. The van der Waals surface area contributed by atoms with Crippen LogP contribution in [0.4, 0.5) is 5.69 Å². The van der Waals surface area contributed by atoms with Crippen LogP contribution < -0.4 is 4.90 Å². The summed E-state index contributed by atoms with van der Waals surface area (Å²) in [5, 5.41) is 1.64. The van der Waals surface area contributed by atoms with Crippen molar-refractivity contribution in [2.75, 3.05) is 18.5 Å². The Bertz CT molecular complexity index is 301. The number of hydrogen-bond donors (Lipinski definition) is 0. The highest BCUT2D eigenvalue weighted by molar-refractivity contribution is 9.08. The quantitative estimate of drug-likeness (QED) is 0.749. The van der Waals surface area contributed by atoms with Crippen molar-refractivity contribution in [2.45, 2.75) is 18.7 Å². The van der Waals surface area contributed by atoms with Crippen LogP contribution in [-0.2, 0) is 5.33 Å². The molecule has 0 amide bonds. The second-order valence-electron chi connectivity index (χ2n) is 3.33. The van der Waals surface area contributed by atoms with Crippen molar-refractivity contribution in [1.82, 2.24) is 0 Å². The first-order valence-corrected chi connectivity index (χ1v) is 6.24. The average molecular weight is 277 g/mol. The molecule has 0 aromatic heterocycles. The molecule has 0 aliphatic heterocycles. The zero-order valence-electron chi connectivity index (χ0n) is 8.56. The van der Waals surface area contributed by atoms with Crippen molar-refractivity contribution >= 4 is 33.2 Å². The summed E-state index contributed by atoms with van der Waals surface area (Å²) in [5.41, 5.74) is 2.32. The molecule has 0 saturated carbocycles. The van der Waals surface area contributed by atoms with Crippen LogP contribution in [0, 0.1) is 0 Å². The van der Waals surface area contributed by atoms with Crippen molar-refractivity contribution < 1.29 is 0 Å². The average Bonchev–Trinajstić information content (AvgIpc) is 2.18. The molecular weight excluding hydrogens is 261 g/mol. The molecule has 1 aromatic rings. The predicted molar refractivity (Wildman–Crippen MR) is 67.6 cm³/mol. The Labute approximate surface area is 99.2 Å². The third-order valence-electron chi connectivity index (χ3n) is 2.18. The van der Waals surface area contributed by atoms with Crippen molar-refractivity contribution in [3.8, 4) is 0 Å². The summed E-state index contributed by atoms with van der Waals surface area (Å²) in [4.78, 5) is 2.21. The first kappa shape index (κ1) is 11.9. The topological polar surface area (TPSA) is 3.24 Å². The molecule has 0 heterocycles. The van der Waals surface area contributed by atoms with Gasteiger partial charge in [-0.3, -0.25) is 0 Å². The normalized spacial score (nSPS) is 10.3. The van der Waals surface area contributed by atoms with E-state index in [-0.39, 0.29) is 0 Å². The smallest absolute Gasteiger partial charge is 0.0467 e. The zero-order valence-corrected chi connectivity index (χ0v) is 10.9. The molecule has 1 aromatic carbocycles. The van der Waals surface area contributed by atoms with E-state index in [1.54, 1.807) is 0 Å². The summed E-state index contributed by atoms with van der Waals surface area (Å²) in [6.45, 7) is 3.23. The van der Waals surface area contributed by atoms with Gasteiger partial charge in [-0.25, -0.2) is 0 Å². The van der Waals surface area contributed by atoms with E-state index in [2.05, 4.69) is 46.9 Å². The van der Waals surface area contributed by atoms with Gasteiger partial charge >= 0.3 is 0 Å². The number of rotatable bonds is 4. The number of hydrogen-bond acceptors (Lipinski definition) is 1. The van der Waals surface area contributed by atoms with Crippen molar-refractivity contribution in [3.05, 3.63) is 28.8 Å². The molecule has 1 nitrogen and oxygen atoms in total. The van der Waals surface area contributed by atoms with Crippen LogP contribution in [0.25, 0.3) is 0 Å². The van der Waals surface area contributed by atoms with E-state index in [1.165, 1.54) is 5.69 Å². The lowest BCUT2D eigenvalue weighted by Crippen LogP contribution is -2.17. The molecule has 0 atom stereocenters. The lowest BCUT2D eigenvalue weighted by molar-refractivity contribution is 0.852. The van der Waals surface area contributed by atoms with Gasteiger partial charge in [-0.05, 0) is 24.1 Å². The van der Waals surface area contributed by atoms with E-state index in [1.807, 2.05) is 6.07 Å². The fraction of sp³-hybridized carbons (Fsp3) is 0.455. The van der Waals surface area contributed by atoms with E-state index >= 15 is 0 Å². The molecule has 0 bridgehead atoms. The molecule has 78 valence electrons. The predicted octanol–water partition coefficient (Wildman–Crippen LogP) is 4.08. The second-order valence-corrected chi connectivity index (χ2v) is 4.30. The van der Waals surface area contributed by atoms with Crippen LogP contribution in [0.1, 0.15) is 18.9 Å². The maximum Gasteiger partial charge on any atom is 0.0467 e. The third-order valence-corrected chi connectivity index (χ3v) is 3.14. The van der Waals surface area contributed by atoms with Gasteiger partial charge in [0.25, 0.3) is 0 Å². The summed E-state index contributed by atoms with van der Waals surface area (Å²) in [7, 11) is 2.09. The fourth-order valence-corrected chi connectivity index (χ4v) is 2.24. The monoisotopic (exact) mass is 275 g/mol. The summed E-state index contributed by atoms with van der Waals surface area (Å²) in [5.74, 6) is 0. The van der Waals surface area contributed by atoms with Crippen LogP contribution in [0.3, 0.4) is 0 Å². The molecule has 0 saturated heterocycles. The van der Waals surface area contributed by atoms with Gasteiger partial charge in [-0.2, -0.15) is 0 Å². The van der Waals surface area contributed by atoms with Crippen molar-refractivity contribution in [2.24, 2.45) is 0 Å². The van der Waals surface area contributed by atoms with Crippen LogP contribution in [-0.4, -0.2) is 13.6 Å². The summed E-state index contributed by atoms with van der Waals surface area (Å²) < 4.78 is 0. The van der Waals surface area contributed by atoms with Crippen LogP contribution in [0.2, 0.25) is 5.02 Å². The Morgan fingerprint density at radius 2 is 2.14 bits per heavy atom. The van der Waals surface area contributed by atoms with Crippen LogP contribution >= 0.6 is 27.5 Å². The molecule has 0 unspecified atom stereocenters. The molecule has 0 aliphatic carbocycles. The molecule has 3 heteroatoms. The highest BCUT2D eigenvalue weighted by Gasteiger charge is 2.03. The summed E-state index contributed by atoms with van der Waals surface area (Å²) >= 11 is 9.52. The van der Waals surface area contributed by atoms with Gasteiger partial charge < -0.3 is 4.90 Å². The van der Waals surface area contributed by atoms with E-state index in [0.717, 1.165) is 28.9 Å². The van der Waals surface area contributed by atoms with Crippen LogP contribution in [0.15, 0.2) is 18.2 Å². The molecule has 0 N–H and O–H groups in total. The van der Waals surface area contributed by atoms with Gasteiger partial charge in [0.05, 0.1) is 0 Å². The Balaban J connectivity index is 2.85. The Kier molecular flexibility index (Phi) is 4.76. The minimum Gasteiger partial charge on any atom is -0.375 e. The first-order valence-electron chi connectivity index (χ1n) is 4.74. The fourth-order valence-electron chi connectivity index (χ4n) is 1.35. The van der Waals surface area contributed by atoms with Crippen LogP contribution in [0.5, 0.6) is 0 Å². The molecule has 14 heavy (non-hydrogen) atoms.